The van der Waals surface area contributed by atoms with Gasteiger partial charge in [0, 0.05) is 13.0 Å². The second-order valence-electron chi connectivity index (χ2n) is 4.33. The van der Waals surface area contributed by atoms with E-state index in [0.29, 0.717) is 24.9 Å². The van der Waals surface area contributed by atoms with Gasteiger partial charge in [-0.1, -0.05) is 25.7 Å². The van der Waals surface area contributed by atoms with Crippen LogP contribution in [0.5, 0.6) is 0 Å². The van der Waals surface area contributed by atoms with E-state index < -0.39 is 5.97 Å². The Hall–Kier alpha value is -0.570. The van der Waals surface area contributed by atoms with Crippen LogP contribution < -0.4 is 0 Å². The van der Waals surface area contributed by atoms with E-state index in [0.717, 1.165) is 25.7 Å². The molecule has 0 saturated heterocycles. The summed E-state index contributed by atoms with van der Waals surface area (Å²) in [6, 6.07) is 0. The number of hydrogen-bond acceptors (Lipinski definition) is 2. The number of aliphatic hydroxyl groups excluding tert-OH is 1. The summed E-state index contributed by atoms with van der Waals surface area (Å²) in [5.41, 5.74) is 0. The van der Waals surface area contributed by atoms with Crippen molar-refractivity contribution in [3.05, 3.63) is 0 Å². The first kappa shape index (κ1) is 11.5. The van der Waals surface area contributed by atoms with Crippen molar-refractivity contribution in [3.63, 3.8) is 0 Å². The molecule has 1 fully saturated rings. The molecule has 3 heteroatoms. The topological polar surface area (TPSA) is 57.5 Å². The second kappa shape index (κ2) is 6.02. The highest BCUT2D eigenvalue weighted by Gasteiger charge is 2.20. The van der Waals surface area contributed by atoms with Gasteiger partial charge in [-0.2, -0.15) is 0 Å². The van der Waals surface area contributed by atoms with Gasteiger partial charge >= 0.3 is 5.97 Å². The quantitative estimate of drug-likeness (QED) is 0.714. The molecule has 3 nitrogen and oxygen atoms in total. The molecule has 2 N–H and O–H groups in total. The van der Waals surface area contributed by atoms with Crippen LogP contribution in [-0.4, -0.2) is 22.8 Å². The molecule has 82 valence electrons. The van der Waals surface area contributed by atoms with Crippen molar-refractivity contribution in [2.45, 2.75) is 44.9 Å². The van der Waals surface area contributed by atoms with Crippen molar-refractivity contribution in [1.82, 2.24) is 0 Å². The first-order valence-corrected chi connectivity index (χ1v) is 5.55. The molecule has 0 aromatic rings. The average Bonchev–Trinajstić information content (AvgIpc) is 2.17. The van der Waals surface area contributed by atoms with Crippen molar-refractivity contribution in [2.75, 3.05) is 6.61 Å². The summed E-state index contributed by atoms with van der Waals surface area (Å²) in [6.07, 6.45) is 6.72. The van der Waals surface area contributed by atoms with Gasteiger partial charge < -0.3 is 10.2 Å². The number of carbonyl (C=O) groups is 1. The van der Waals surface area contributed by atoms with Crippen molar-refractivity contribution in [3.8, 4) is 0 Å². The summed E-state index contributed by atoms with van der Waals surface area (Å²) in [4.78, 5) is 10.4. The van der Waals surface area contributed by atoms with Crippen LogP contribution in [0.2, 0.25) is 0 Å². The highest BCUT2D eigenvalue weighted by atomic mass is 16.4. The van der Waals surface area contributed by atoms with Crippen molar-refractivity contribution < 1.29 is 15.0 Å². The summed E-state index contributed by atoms with van der Waals surface area (Å²) in [5, 5.41) is 17.3. The van der Waals surface area contributed by atoms with Crippen LogP contribution in [0.3, 0.4) is 0 Å². The van der Waals surface area contributed by atoms with E-state index in [1.807, 2.05) is 0 Å². The normalized spacial score (nSPS) is 27.5. The zero-order valence-corrected chi connectivity index (χ0v) is 8.61. The van der Waals surface area contributed by atoms with Crippen molar-refractivity contribution in [2.24, 2.45) is 11.8 Å². The van der Waals surface area contributed by atoms with E-state index >= 15 is 0 Å². The molecule has 0 atom stereocenters. The van der Waals surface area contributed by atoms with E-state index in [2.05, 4.69) is 0 Å². The van der Waals surface area contributed by atoms with Gasteiger partial charge in [0.2, 0.25) is 0 Å². The fraction of sp³-hybridized carbons (Fsp3) is 0.909. The van der Waals surface area contributed by atoms with Crippen LogP contribution in [0.25, 0.3) is 0 Å². The maximum atomic E-state index is 10.4. The molecule has 0 amide bonds. The lowest BCUT2D eigenvalue weighted by Gasteiger charge is -2.27. The van der Waals surface area contributed by atoms with Gasteiger partial charge in [-0.25, -0.2) is 0 Å². The lowest BCUT2D eigenvalue weighted by Crippen LogP contribution is -2.16. The summed E-state index contributed by atoms with van der Waals surface area (Å²) < 4.78 is 0. The van der Waals surface area contributed by atoms with Crippen LogP contribution in [0.15, 0.2) is 0 Å². The van der Waals surface area contributed by atoms with Crippen molar-refractivity contribution >= 4 is 5.97 Å². The molecule has 0 unspecified atom stereocenters. The largest absolute Gasteiger partial charge is 0.481 e. The van der Waals surface area contributed by atoms with Gasteiger partial charge in [0.05, 0.1) is 0 Å². The Labute approximate surface area is 85.1 Å². The minimum absolute atomic E-state index is 0.296. The first-order valence-electron chi connectivity index (χ1n) is 5.55. The monoisotopic (exact) mass is 200 g/mol. The molecule has 1 aliphatic rings. The van der Waals surface area contributed by atoms with Crippen LogP contribution in [0.4, 0.5) is 0 Å². The van der Waals surface area contributed by atoms with E-state index in [1.54, 1.807) is 0 Å². The highest BCUT2D eigenvalue weighted by Crippen LogP contribution is 2.32. The fourth-order valence-electron chi connectivity index (χ4n) is 2.32. The third kappa shape index (κ3) is 4.09. The van der Waals surface area contributed by atoms with Gasteiger partial charge in [0.15, 0.2) is 0 Å². The molecule has 1 rings (SSSR count). The molecule has 0 aliphatic heterocycles. The minimum atomic E-state index is -0.678. The fourth-order valence-corrected chi connectivity index (χ4v) is 2.32. The molecule has 0 spiro atoms. The molecule has 0 radical (unpaired) electrons. The number of aliphatic hydroxyl groups is 1. The van der Waals surface area contributed by atoms with Gasteiger partial charge in [0.1, 0.15) is 0 Å². The van der Waals surface area contributed by atoms with Gasteiger partial charge in [-0.05, 0) is 24.7 Å². The lowest BCUT2D eigenvalue weighted by molar-refractivity contribution is -0.137. The van der Waals surface area contributed by atoms with Gasteiger partial charge in [-0.3, -0.25) is 4.79 Å². The summed E-state index contributed by atoms with van der Waals surface area (Å²) in [5.74, 6) is 0.615. The van der Waals surface area contributed by atoms with Crippen LogP contribution in [-0.2, 0) is 4.79 Å². The zero-order chi connectivity index (χ0) is 10.4. The summed E-state index contributed by atoms with van der Waals surface area (Å²) in [6.45, 7) is 0.296. The Bertz CT molecular complexity index is 171. The standard InChI is InChI=1S/C11H20O3/c12-8-7-10-3-1-9(2-4-10)5-6-11(13)14/h9-10,12H,1-8H2,(H,13,14). The Morgan fingerprint density at radius 1 is 1.07 bits per heavy atom. The Morgan fingerprint density at radius 3 is 2.00 bits per heavy atom. The van der Waals surface area contributed by atoms with Crippen LogP contribution in [0, 0.1) is 11.8 Å². The van der Waals surface area contributed by atoms with Crippen LogP contribution >= 0.6 is 0 Å². The molecular formula is C11H20O3. The Kier molecular flexibility index (Phi) is 4.94. The molecule has 1 aliphatic carbocycles. The van der Waals surface area contributed by atoms with E-state index in [1.165, 1.54) is 12.8 Å². The predicted octanol–water partition coefficient (Wildman–Crippen LogP) is 2.04. The SMILES string of the molecule is O=C(O)CCC1CCC(CCO)CC1. The maximum Gasteiger partial charge on any atom is 0.303 e. The van der Waals surface area contributed by atoms with Crippen molar-refractivity contribution in [1.29, 1.82) is 0 Å². The summed E-state index contributed by atoms with van der Waals surface area (Å²) >= 11 is 0. The minimum Gasteiger partial charge on any atom is -0.481 e. The summed E-state index contributed by atoms with van der Waals surface area (Å²) in [7, 11) is 0. The van der Waals surface area contributed by atoms with Crippen LogP contribution in [0.1, 0.15) is 44.9 Å². The predicted molar refractivity (Wildman–Crippen MR) is 54.0 cm³/mol. The zero-order valence-electron chi connectivity index (χ0n) is 8.61. The highest BCUT2D eigenvalue weighted by molar-refractivity contribution is 5.66. The number of hydrogen-bond donors (Lipinski definition) is 2. The van der Waals surface area contributed by atoms with Gasteiger partial charge in [0.25, 0.3) is 0 Å². The number of rotatable bonds is 5. The Balaban J connectivity index is 2.12. The number of aliphatic carboxylic acids is 1. The van der Waals surface area contributed by atoms with E-state index in [9.17, 15) is 4.79 Å². The molecule has 14 heavy (non-hydrogen) atoms. The number of carboxylic acid groups (broad SMARTS) is 1. The van der Waals surface area contributed by atoms with E-state index in [-0.39, 0.29) is 0 Å². The lowest BCUT2D eigenvalue weighted by atomic mass is 9.79. The number of carboxylic acids is 1. The molecule has 1 saturated carbocycles. The molecule has 0 aromatic heterocycles. The van der Waals surface area contributed by atoms with E-state index in [4.69, 9.17) is 10.2 Å². The second-order valence-corrected chi connectivity index (χ2v) is 4.33. The first-order chi connectivity index (χ1) is 6.72. The third-order valence-corrected chi connectivity index (χ3v) is 3.27. The maximum absolute atomic E-state index is 10.4. The van der Waals surface area contributed by atoms with Gasteiger partial charge in [-0.15, -0.1) is 0 Å². The molecule has 0 bridgehead atoms. The average molecular weight is 200 g/mol. The Morgan fingerprint density at radius 2 is 1.57 bits per heavy atom. The smallest absolute Gasteiger partial charge is 0.303 e. The molecular weight excluding hydrogens is 180 g/mol. The molecule has 0 aromatic carbocycles. The third-order valence-electron chi connectivity index (χ3n) is 3.27. The molecule has 0 heterocycles.